The number of aromatic nitrogens is 2. The number of benzene rings is 1. The molecule has 1 heterocycles. The van der Waals surface area contributed by atoms with Gasteiger partial charge in [-0.2, -0.15) is 0 Å². The molecule has 0 atom stereocenters. The minimum atomic E-state index is 0.230. The Kier molecular flexibility index (Phi) is 3.88. The van der Waals surface area contributed by atoms with Crippen LogP contribution in [0.15, 0.2) is 18.2 Å². The van der Waals surface area contributed by atoms with Crippen molar-refractivity contribution in [3.05, 3.63) is 29.0 Å². The van der Waals surface area contributed by atoms with Crippen LogP contribution >= 0.6 is 23.2 Å². The number of imidazole rings is 1. The van der Waals surface area contributed by atoms with Crippen molar-refractivity contribution in [1.29, 1.82) is 0 Å². The number of alkyl halides is 1. The van der Waals surface area contributed by atoms with Crippen LogP contribution in [0.25, 0.3) is 11.0 Å². The fourth-order valence-corrected chi connectivity index (χ4v) is 2.34. The first-order valence-corrected chi connectivity index (χ1v) is 7.09. The molecule has 0 amide bonds. The zero-order chi connectivity index (χ0) is 13.3. The molecular formula is C14H18Cl2N2. The molecule has 0 bridgehead atoms. The van der Waals surface area contributed by atoms with Gasteiger partial charge in [-0.05, 0) is 30.0 Å². The van der Waals surface area contributed by atoms with Gasteiger partial charge in [0.2, 0.25) is 0 Å². The second kappa shape index (κ2) is 5.10. The van der Waals surface area contributed by atoms with Crippen LogP contribution in [0.5, 0.6) is 0 Å². The van der Waals surface area contributed by atoms with E-state index in [1.54, 1.807) is 0 Å². The molecule has 0 saturated heterocycles. The molecule has 0 N–H and O–H groups in total. The summed E-state index contributed by atoms with van der Waals surface area (Å²) in [4.78, 5) is 4.56. The van der Waals surface area contributed by atoms with E-state index in [9.17, 15) is 0 Å². The van der Waals surface area contributed by atoms with E-state index in [2.05, 4.69) is 30.3 Å². The molecule has 2 nitrogen and oxygen atoms in total. The van der Waals surface area contributed by atoms with E-state index in [0.717, 1.165) is 29.8 Å². The number of hydrogen-bond donors (Lipinski definition) is 0. The van der Waals surface area contributed by atoms with Gasteiger partial charge in [0.05, 0.1) is 16.9 Å². The minimum absolute atomic E-state index is 0.230. The highest BCUT2D eigenvalue weighted by Gasteiger charge is 2.20. The topological polar surface area (TPSA) is 17.8 Å². The Balaban J connectivity index is 2.53. The first kappa shape index (κ1) is 13.7. The van der Waals surface area contributed by atoms with E-state index in [1.807, 2.05) is 18.2 Å². The normalized spacial score (nSPS) is 12.3. The maximum absolute atomic E-state index is 6.00. The molecular weight excluding hydrogens is 267 g/mol. The van der Waals surface area contributed by atoms with Crippen LogP contribution < -0.4 is 0 Å². The Morgan fingerprint density at radius 2 is 2.06 bits per heavy atom. The van der Waals surface area contributed by atoms with Crippen molar-refractivity contribution in [2.24, 2.45) is 5.41 Å². The van der Waals surface area contributed by atoms with Gasteiger partial charge in [-0.1, -0.05) is 32.4 Å². The molecule has 0 unspecified atom stereocenters. The van der Waals surface area contributed by atoms with Gasteiger partial charge < -0.3 is 4.57 Å². The third-order valence-corrected chi connectivity index (χ3v) is 3.93. The van der Waals surface area contributed by atoms with Gasteiger partial charge in [0, 0.05) is 11.6 Å². The SMILES string of the molecule is CCC(C)(C)Cn1c(CCl)nc2cc(Cl)ccc21. The molecule has 0 radical (unpaired) electrons. The van der Waals surface area contributed by atoms with Gasteiger partial charge in [-0.3, -0.25) is 0 Å². The molecule has 1 aromatic heterocycles. The highest BCUT2D eigenvalue weighted by atomic mass is 35.5. The lowest BCUT2D eigenvalue weighted by Gasteiger charge is -2.24. The summed E-state index contributed by atoms with van der Waals surface area (Å²) in [6.07, 6.45) is 1.11. The highest BCUT2D eigenvalue weighted by molar-refractivity contribution is 6.31. The second-order valence-corrected chi connectivity index (χ2v) is 6.10. The number of nitrogens with zero attached hydrogens (tertiary/aromatic N) is 2. The van der Waals surface area contributed by atoms with Crippen LogP contribution in [0.3, 0.4) is 0 Å². The van der Waals surface area contributed by atoms with E-state index in [0.29, 0.717) is 10.9 Å². The van der Waals surface area contributed by atoms with Crippen molar-refractivity contribution in [3.63, 3.8) is 0 Å². The van der Waals surface area contributed by atoms with Crippen molar-refractivity contribution in [1.82, 2.24) is 9.55 Å². The summed E-state index contributed by atoms with van der Waals surface area (Å²) in [6, 6.07) is 5.81. The smallest absolute Gasteiger partial charge is 0.124 e. The first-order valence-electron chi connectivity index (χ1n) is 6.17. The van der Waals surface area contributed by atoms with E-state index in [-0.39, 0.29) is 5.41 Å². The molecule has 0 fully saturated rings. The Morgan fingerprint density at radius 1 is 1.33 bits per heavy atom. The van der Waals surface area contributed by atoms with E-state index in [4.69, 9.17) is 23.2 Å². The Hall–Kier alpha value is -0.730. The molecule has 0 aliphatic heterocycles. The standard InChI is InChI=1S/C14H18Cl2N2/c1-4-14(2,3)9-18-12-6-5-10(16)7-11(12)17-13(18)8-15/h5-7H,4,8-9H2,1-3H3. The van der Waals surface area contributed by atoms with Gasteiger partial charge in [-0.15, -0.1) is 11.6 Å². The molecule has 2 aromatic rings. The predicted octanol–water partition coefficient (Wildman–Crippen LogP) is 4.86. The van der Waals surface area contributed by atoms with Gasteiger partial charge >= 0.3 is 0 Å². The van der Waals surface area contributed by atoms with Crippen molar-refractivity contribution < 1.29 is 0 Å². The molecule has 2 rings (SSSR count). The number of halogens is 2. The maximum atomic E-state index is 6.00. The molecule has 98 valence electrons. The van der Waals surface area contributed by atoms with Crippen LogP contribution in [0, 0.1) is 5.41 Å². The fourth-order valence-electron chi connectivity index (χ4n) is 1.97. The molecule has 4 heteroatoms. The number of fused-ring (bicyclic) bond motifs is 1. The van der Waals surface area contributed by atoms with Crippen molar-refractivity contribution in [2.75, 3.05) is 0 Å². The monoisotopic (exact) mass is 284 g/mol. The zero-order valence-corrected chi connectivity index (χ0v) is 12.5. The molecule has 1 aromatic carbocycles. The third kappa shape index (κ3) is 2.65. The molecule has 0 aliphatic rings. The molecule has 0 saturated carbocycles. The maximum Gasteiger partial charge on any atom is 0.124 e. The predicted molar refractivity (Wildman–Crippen MR) is 78.4 cm³/mol. The van der Waals surface area contributed by atoms with Gasteiger partial charge in [0.1, 0.15) is 5.82 Å². The number of hydrogen-bond acceptors (Lipinski definition) is 1. The summed E-state index contributed by atoms with van der Waals surface area (Å²) in [5.41, 5.74) is 2.26. The van der Waals surface area contributed by atoms with Gasteiger partial charge in [0.25, 0.3) is 0 Å². The Morgan fingerprint density at radius 3 is 2.67 bits per heavy atom. The summed E-state index contributed by atoms with van der Waals surface area (Å²) in [7, 11) is 0. The number of rotatable bonds is 4. The summed E-state index contributed by atoms with van der Waals surface area (Å²) in [6.45, 7) is 7.64. The lowest BCUT2D eigenvalue weighted by Crippen LogP contribution is -2.19. The molecule has 0 spiro atoms. The summed E-state index contributed by atoms with van der Waals surface area (Å²) >= 11 is 12.0. The molecule has 18 heavy (non-hydrogen) atoms. The van der Waals surface area contributed by atoms with Crippen LogP contribution in [0.4, 0.5) is 0 Å². The molecule has 0 aliphatic carbocycles. The largest absolute Gasteiger partial charge is 0.326 e. The lowest BCUT2D eigenvalue weighted by atomic mass is 9.90. The fraction of sp³-hybridized carbons (Fsp3) is 0.500. The zero-order valence-electron chi connectivity index (χ0n) is 11.0. The van der Waals surface area contributed by atoms with E-state index in [1.165, 1.54) is 0 Å². The third-order valence-electron chi connectivity index (χ3n) is 3.45. The van der Waals surface area contributed by atoms with Crippen molar-refractivity contribution in [3.8, 4) is 0 Å². The Bertz CT molecular complexity index is 558. The first-order chi connectivity index (χ1) is 8.46. The summed E-state index contributed by atoms with van der Waals surface area (Å²) in [5.74, 6) is 1.34. The average Bonchev–Trinajstić information content (AvgIpc) is 2.66. The summed E-state index contributed by atoms with van der Waals surface area (Å²) < 4.78 is 2.21. The minimum Gasteiger partial charge on any atom is -0.326 e. The summed E-state index contributed by atoms with van der Waals surface area (Å²) in [5, 5.41) is 0.711. The van der Waals surface area contributed by atoms with Crippen LogP contribution in [-0.2, 0) is 12.4 Å². The lowest BCUT2D eigenvalue weighted by molar-refractivity contribution is 0.295. The van der Waals surface area contributed by atoms with E-state index < -0.39 is 0 Å². The van der Waals surface area contributed by atoms with Gasteiger partial charge in [0.15, 0.2) is 0 Å². The van der Waals surface area contributed by atoms with E-state index >= 15 is 0 Å². The van der Waals surface area contributed by atoms with Crippen molar-refractivity contribution in [2.45, 2.75) is 39.6 Å². The van der Waals surface area contributed by atoms with Crippen LogP contribution in [0.1, 0.15) is 33.0 Å². The van der Waals surface area contributed by atoms with Gasteiger partial charge in [-0.25, -0.2) is 4.98 Å². The van der Waals surface area contributed by atoms with Crippen LogP contribution in [-0.4, -0.2) is 9.55 Å². The average molecular weight is 285 g/mol. The van der Waals surface area contributed by atoms with Crippen LogP contribution in [0.2, 0.25) is 5.02 Å². The quantitative estimate of drug-likeness (QED) is 0.733. The van der Waals surface area contributed by atoms with Crippen molar-refractivity contribution >= 4 is 34.2 Å². The second-order valence-electron chi connectivity index (χ2n) is 5.40. The Labute approximate surface area is 118 Å². The highest BCUT2D eigenvalue weighted by Crippen LogP contribution is 2.28.